The molecular weight excluding hydrogens is 302 g/mol. The fraction of sp³-hybridized carbons (Fsp3) is 0.467. The zero-order valence-corrected chi connectivity index (χ0v) is 13.7. The van der Waals surface area contributed by atoms with Crippen LogP contribution in [0.25, 0.3) is 10.9 Å². The summed E-state index contributed by atoms with van der Waals surface area (Å²) in [5.74, 6) is 0.704. The minimum Gasteiger partial charge on any atom is -0.299 e. The first kappa shape index (κ1) is 16.6. The highest BCUT2D eigenvalue weighted by molar-refractivity contribution is 7.89. The van der Waals surface area contributed by atoms with Gasteiger partial charge in [0.25, 0.3) is 5.56 Å². The zero-order valence-electron chi connectivity index (χ0n) is 12.9. The molecule has 0 spiro atoms. The number of para-hydroxylation sites is 1. The first-order valence-corrected chi connectivity index (χ1v) is 9.02. The summed E-state index contributed by atoms with van der Waals surface area (Å²) >= 11 is 0. The summed E-state index contributed by atoms with van der Waals surface area (Å²) in [7, 11) is -1.59. The zero-order chi connectivity index (χ0) is 16.2. The highest BCUT2D eigenvalue weighted by Gasteiger charge is 2.11. The van der Waals surface area contributed by atoms with Gasteiger partial charge in [0, 0.05) is 20.0 Å². The van der Waals surface area contributed by atoms with E-state index in [1.54, 1.807) is 25.2 Å². The molecule has 2 rings (SSSR count). The van der Waals surface area contributed by atoms with Gasteiger partial charge in [0.1, 0.15) is 5.82 Å². The van der Waals surface area contributed by atoms with Crippen LogP contribution in [0.2, 0.25) is 0 Å². The van der Waals surface area contributed by atoms with Crippen LogP contribution in [0.3, 0.4) is 0 Å². The fourth-order valence-corrected chi connectivity index (χ4v) is 3.44. The first-order chi connectivity index (χ1) is 10.4. The molecule has 7 heteroatoms. The van der Waals surface area contributed by atoms with Gasteiger partial charge in [-0.3, -0.25) is 9.36 Å². The summed E-state index contributed by atoms with van der Waals surface area (Å²) < 4.78 is 27.5. The number of rotatable bonds is 7. The summed E-state index contributed by atoms with van der Waals surface area (Å²) in [6.45, 7) is 2.19. The Bertz CT molecular complexity index is 812. The molecule has 0 unspecified atom stereocenters. The van der Waals surface area contributed by atoms with Gasteiger partial charge in [0.15, 0.2) is 0 Å². The maximum absolute atomic E-state index is 12.2. The lowest BCUT2D eigenvalue weighted by Crippen LogP contribution is -2.30. The number of aromatic nitrogens is 2. The van der Waals surface area contributed by atoms with Gasteiger partial charge < -0.3 is 0 Å². The molecule has 0 aliphatic rings. The molecule has 0 radical (unpaired) electrons. The second-order valence-electron chi connectivity index (χ2n) is 5.23. The summed E-state index contributed by atoms with van der Waals surface area (Å²) in [6.07, 6.45) is 1.85. The van der Waals surface area contributed by atoms with Gasteiger partial charge in [0.2, 0.25) is 10.0 Å². The Morgan fingerprint density at radius 3 is 2.73 bits per heavy atom. The van der Waals surface area contributed by atoms with Crippen LogP contribution in [0.5, 0.6) is 0 Å². The minimum absolute atomic E-state index is 0.116. The van der Waals surface area contributed by atoms with Crippen LogP contribution in [0, 0.1) is 0 Å². The monoisotopic (exact) mass is 323 g/mol. The smallest absolute Gasteiger partial charge is 0.261 e. The summed E-state index contributed by atoms with van der Waals surface area (Å²) in [6, 6.07) is 7.15. The Hall–Kier alpha value is -1.73. The molecule has 120 valence electrons. The van der Waals surface area contributed by atoms with E-state index in [1.165, 1.54) is 4.57 Å². The van der Waals surface area contributed by atoms with E-state index in [4.69, 9.17) is 0 Å². The van der Waals surface area contributed by atoms with Crippen LogP contribution >= 0.6 is 0 Å². The highest BCUT2D eigenvalue weighted by atomic mass is 32.2. The molecular formula is C15H21N3O3S. The number of sulfonamides is 1. The standard InChI is InChI=1S/C15H21N3O3S/c1-3-4-11-22(20,21)16-10-9-14-17-13-8-6-5-7-12(13)15(19)18(14)2/h5-8,16H,3-4,9-11H2,1-2H3. The number of hydrogen-bond donors (Lipinski definition) is 1. The Morgan fingerprint density at radius 1 is 1.27 bits per heavy atom. The molecule has 0 saturated heterocycles. The van der Waals surface area contributed by atoms with Crippen molar-refractivity contribution < 1.29 is 8.42 Å². The molecule has 6 nitrogen and oxygen atoms in total. The van der Waals surface area contributed by atoms with E-state index in [1.807, 2.05) is 13.0 Å². The SMILES string of the molecule is CCCCS(=O)(=O)NCCc1nc2ccccc2c(=O)n1C. The Labute approximate surface area is 130 Å². The molecule has 1 heterocycles. The van der Waals surface area contributed by atoms with Gasteiger partial charge in [-0.25, -0.2) is 18.1 Å². The van der Waals surface area contributed by atoms with Gasteiger partial charge in [0.05, 0.1) is 16.7 Å². The average Bonchev–Trinajstić information content (AvgIpc) is 2.50. The maximum Gasteiger partial charge on any atom is 0.261 e. The maximum atomic E-state index is 12.2. The van der Waals surface area contributed by atoms with Gasteiger partial charge in [-0.2, -0.15) is 0 Å². The van der Waals surface area contributed by atoms with Gasteiger partial charge in [-0.1, -0.05) is 25.5 Å². The molecule has 0 aliphatic heterocycles. The van der Waals surface area contributed by atoms with Gasteiger partial charge in [-0.15, -0.1) is 0 Å². The molecule has 0 bridgehead atoms. The van der Waals surface area contributed by atoms with E-state index in [0.29, 0.717) is 29.6 Å². The molecule has 1 aromatic heterocycles. The molecule has 1 N–H and O–H groups in total. The number of hydrogen-bond acceptors (Lipinski definition) is 4. The number of benzene rings is 1. The van der Waals surface area contributed by atoms with Crippen molar-refractivity contribution in [3.63, 3.8) is 0 Å². The van der Waals surface area contributed by atoms with E-state index >= 15 is 0 Å². The first-order valence-electron chi connectivity index (χ1n) is 7.36. The Kier molecular flexibility index (Phi) is 5.31. The van der Waals surface area contributed by atoms with Gasteiger partial charge >= 0.3 is 0 Å². The summed E-state index contributed by atoms with van der Waals surface area (Å²) in [5, 5.41) is 0.567. The molecule has 2 aromatic rings. The van der Waals surface area contributed by atoms with Crippen molar-refractivity contribution in [3.8, 4) is 0 Å². The van der Waals surface area contributed by atoms with Crippen LogP contribution in [0.4, 0.5) is 0 Å². The minimum atomic E-state index is -3.24. The normalized spacial score (nSPS) is 11.9. The van der Waals surface area contributed by atoms with Crippen molar-refractivity contribution in [1.29, 1.82) is 0 Å². The molecule has 1 aromatic carbocycles. The number of fused-ring (bicyclic) bond motifs is 1. The number of unbranched alkanes of at least 4 members (excludes halogenated alkanes) is 1. The van der Waals surface area contributed by atoms with Gasteiger partial charge in [-0.05, 0) is 18.6 Å². The van der Waals surface area contributed by atoms with E-state index in [0.717, 1.165) is 6.42 Å². The molecule has 0 amide bonds. The molecule has 0 aliphatic carbocycles. The lowest BCUT2D eigenvalue weighted by molar-refractivity contribution is 0.576. The third-order valence-electron chi connectivity index (χ3n) is 3.51. The van der Waals surface area contributed by atoms with E-state index < -0.39 is 10.0 Å². The van der Waals surface area contributed by atoms with E-state index in [9.17, 15) is 13.2 Å². The Balaban J connectivity index is 2.12. The molecule has 0 fully saturated rings. The average molecular weight is 323 g/mol. The Morgan fingerprint density at radius 2 is 2.00 bits per heavy atom. The van der Waals surface area contributed by atoms with Crippen LogP contribution in [0.1, 0.15) is 25.6 Å². The third-order valence-corrected chi connectivity index (χ3v) is 4.98. The fourth-order valence-electron chi connectivity index (χ4n) is 2.21. The predicted octanol–water partition coefficient (Wildman–Crippen LogP) is 1.20. The quantitative estimate of drug-likeness (QED) is 0.830. The third kappa shape index (κ3) is 3.92. The second kappa shape index (κ2) is 7.02. The second-order valence-corrected chi connectivity index (χ2v) is 7.15. The van der Waals surface area contributed by atoms with E-state index in [-0.39, 0.29) is 17.9 Å². The number of nitrogens with zero attached hydrogens (tertiary/aromatic N) is 2. The van der Waals surface area contributed by atoms with Crippen molar-refractivity contribution in [2.45, 2.75) is 26.2 Å². The van der Waals surface area contributed by atoms with Crippen LogP contribution in [0.15, 0.2) is 29.1 Å². The topological polar surface area (TPSA) is 81.1 Å². The predicted molar refractivity (Wildman–Crippen MR) is 87.4 cm³/mol. The van der Waals surface area contributed by atoms with Crippen molar-refractivity contribution in [2.24, 2.45) is 7.05 Å². The summed E-state index contributed by atoms with van der Waals surface area (Å²) in [4.78, 5) is 16.7. The highest BCUT2D eigenvalue weighted by Crippen LogP contribution is 2.07. The van der Waals surface area contributed by atoms with Crippen LogP contribution in [-0.4, -0.2) is 30.3 Å². The van der Waals surface area contributed by atoms with E-state index in [2.05, 4.69) is 9.71 Å². The van der Waals surface area contributed by atoms with Crippen molar-refractivity contribution >= 4 is 20.9 Å². The lowest BCUT2D eigenvalue weighted by Gasteiger charge is -2.10. The van der Waals surface area contributed by atoms with Crippen molar-refractivity contribution in [3.05, 3.63) is 40.4 Å². The number of nitrogens with one attached hydrogen (secondary N) is 1. The van der Waals surface area contributed by atoms with Crippen LogP contribution in [-0.2, 0) is 23.5 Å². The molecule has 0 atom stereocenters. The van der Waals surface area contributed by atoms with Crippen LogP contribution < -0.4 is 10.3 Å². The summed E-state index contributed by atoms with van der Waals surface area (Å²) in [5.41, 5.74) is 0.517. The molecule has 22 heavy (non-hydrogen) atoms. The largest absolute Gasteiger partial charge is 0.299 e. The molecule has 0 saturated carbocycles. The van der Waals surface area contributed by atoms with Crippen molar-refractivity contribution in [1.82, 2.24) is 14.3 Å². The van der Waals surface area contributed by atoms with Crippen molar-refractivity contribution in [2.75, 3.05) is 12.3 Å². The lowest BCUT2D eigenvalue weighted by atomic mass is 10.2.